The van der Waals surface area contributed by atoms with Crippen molar-refractivity contribution in [2.75, 3.05) is 32.8 Å². The summed E-state index contributed by atoms with van der Waals surface area (Å²) in [6, 6.07) is 13.5. The summed E-state index contributed by atoms with van der Waals surface area (Å²) in [5.41, 5.74) is 0.311. The van der Waals surface area contributed by atoms with Crippen LogP contribution in [0.25, 0.3) is 0 Å². The molecule has 0 saturated carbocycles. The van der Waals surface area contributed by atoms with Crippen LogP contribution >= 0.6 is 0 Å². The topological polar surface area (TPSA) is 88.5 Å². The predicted molar refractivity (Wildman–Crippen MR) is 127 cm³/mol. The van der Waals surface area contributed by atoms with E-state index >= 15 is 0 Å². The van der Waals surface area contributed by atoms with Crippen molar-refractivity contribution in [3.8, 4) is 23.0 Å². The van der Waals surface area contributed by atoms with Gasteiger partial charge < -0.3 is 29.3 Å². The summed E-state index contributed by atoms with van der Waals surface area (Å²) in [6.07, 6.45) is -5.88. The van der Waals surface area contributed by atoms with Gasteiger partial charge in [0.2, 0.25) is 0 Å². The number of methoxy groups -OCH3 is 3. The Morgan fingerprint density at radius 2 is 1.50 bits per heavy atom. The number of ether oxygens (including phenoxy) is 3. The van der Waals surface area contributed by atoms with Gasteiger partial charge >= 0.3 is 6.18 Å². The van der Waals surface area contributed by atoms with Crippen molar-refractivity contribution in [2.45, 2.75) is 18.7 Å². The lowest BCUT2D eigenvalue weighted by atomic mass is 10.1. The van der Waals surface area contributed by atoms with Crippen molar-refractivity contribution < 1.29 is 42.4 Å². The minimum atomic E-state index is -4.45. The number of halogens is 3. The maximum atomic E-state index is 13.4. The minimum Gasteiger partial charge on any atom is -0.504 e. The highest BCUT2D eigenvalue weighted by molar-refractivity contribution is 5.97. The molecule has 36 heavy (non-hydrogen) atoms. The molecule has 0 saturated heterocycles. The number of anilines is 1. The number of nitrogens with zero attached hydrogens (tertiary/aromatic N) is 1. The molecule has 0 heterocycles. The number of aromatic hydroxyl groups is 1. The number of phenolic OH excluding ortho intramolecular Hbond substituents is 1. The van der Waals surface area contributed by atoms with E-state index in [9.17, 15) is 28.2 Å². The van der Waals surface area contributed by atoms with Crippen LogP contribution in [0.2, 0.25) is 0 Å². The average Bonchev–Trinajstić information content (AvgIpc) is 2.87. The van der Waals surface area contributed by atoms with E-state index < -0.39 is 23.8 Å². The molecule has 1 unspecified atom stereocenters. The average molecular weight is 505 g/mol. The highest BCUT2D eigenvalue weighted by Gasteiger charge is 2.30. The fourth-order valence-corrected chi connectivity index (χ4v) is 3.63. The normalized spacial score (nSPS) is 12.1. The lowest BCUT2D eigenvalue weighted by molar-refractivity contribution is -0.137. The number of hydrogen-bond donors (Lipinski definition) is 2. The zero-order valence-corrected chi connectivity index (χ0v) is 19.9. The number of carbonyl (C=O) groups is 1. The SMILES string of the molecule is COc1ccc(C(O)C(=O)N(CCc2ccc(C(F)(F)F)cc2)c2ccc(OC)c(OC)c2)cc1O. The molecule has 3 aromatic carbocycles. The largest absolute Gasteiger partial charge is 0.504 e. The maximum absolute atomic E-state index is 13.4. The number of hydrogen-bond acceptors (Lipinski definition) is 6. The van der Waals surface area contributed by atoms with Crippen LogP contribution in [0, 0.1) is 0 Å². The monoisotopic (exact) mass is 505 g/mol. The van der Waals surface area contributed by atoms with Gasteiger partial charge in [0.05, 0.1) is 26.9 Å². The lowest BCUT2D eigenvalue weighted by Gasteiger charge is -2.26. The molecule has 0 aliphatic rings. The first-order valence-corrected chi connectivity index (χ1v) is 10.8. The first-order valence-electron chi connectivity index (χ1n) is 10.8. The molecular weight excluding hydrogens is 479 g/mol. The highest BCUT2D eigenvalue weighted by atomic mass is 19.4. The van der Waals surface area contributed by atoms with Crippen molar-refractivity contribution in [3.05, 3.63) is 77.4 Å². The summed E-state index contributed by atoms with van der Waals surface area (Å²) in [6.45, 7) is 0.0406. The van der Waals surface area contributed by atoms with Gasteiger partial charge in [-0.25, -0.2) is 0 Å². The van der Waals surface area contributed by atoms with E-state index in [2.05, 4.69) is 0 Å². The van der Waals surface area contributed by atoms with Gasteiger partial charge in [-0.3, -0.25) is 4.79 Å². The third-order valence-electron chi connectivity index (χ3n) is 5.60. The maximum Gasteiger partial charge on any atom is 0.416 e. The van der Waals surface area contributed by atoms with Crippen molar-refractivity contribution in [1.82, 2.24) is 0 Å². The second kappa shape index (κ2) is 11.2. The number of phenols is 1. The molecule has 10 heteroatoms. The molecule has 7 nitrogen and oxygen atoms in total. The molecule has 192 valence electrons. The summed E-state index contributed by atoms with van der Waals surface area (Å²) in [4.78, 5) is 14.7. The van der Waals surface area contributed by atoms with Crippen LogP contribution in [-0.2, 0) is 17.4 Å². The fourth-order valence-electron chi connectivity index (χ4n) is 3.63. The Bertz CT molecular complexity index is 1200. The molecule has 0 aliphatic carbocycles. The molecule has 2 N–H and O–H groups in total. The molecule has 3 aromatic rings. The van der Waals surface area contributed by atoms with Crippen LogP contribution in [0.3, 0.4) is 0 Å². The van der Waals surface area contributed by atoms with Crippen LogP contribution in [0.4, 0.5) is 18.9 Å². The van der Waals surface area contributed by atoms with Gasteiger partial charge in [0.1, 0.15) is 0 Å². The molecule has 1 atom stereocenters. The van der Waals surface area contributed by atoms with E-state index in [1.54, 1.807) is 18.2 Å². The number of aliphatic hydroxyl groups excluding tert-OH is 1. The molecule has 0 spiro atoms. The molecule has 0 radical (unpaired) electrons. The fraction of sp³-hybridized carbons (Fsp3) is 0.269. The Kier molecular flexibility index (Phi) is 8.31. The Morgan fingerprint density at radius 3 is 2.06 bits per heavy atom. The second-order valence-electron chi connectivity index (χ2n) is 7.81. The van der Waals surface area contributed by atoms with Gasteiger partial charge in [0.15, 0.2) is 29.1 Å². The van der Waals surface area contributed by atoms with Crippen molar-refractivity contribution in [3.63, 3.8) is 0 Å². The van der Waals surface area contributed by atoms with E-state index in [-0.39, 0.29) is 30.0 Å². The summed E-state index contributed by atoms with van der Waals surface area (Å²) in [5.74, 6) is -0.00338. The lowest BCUT2D eigenvalue weighted by Crippen LogP contribution is -2.37. The van der Waals surface area contributed by atoms with Gasteiger partial charge in [-0.15, -0.1) is 0 Å². The van der Waals surface area contributed by atoms with Gasteiger partial charge in [0.25, 0.3) is 5.91 Å². The number of rotatable bonds is 9. The van der Waals surface area contributed by atoms with Gasteiger partial charge in [0, 0.05) is 18.3 Å². The summed E-state index contributed by atoms with van der Waals surface area (Å²) < 4.78 is 54.2. The molecule has 3 rings (SSSR count). The molecule has 0 bridgehead atoms. The van der Waals surface area contributed by atoms with Gasteiger partial charge in [-0.1, -0.05) is 18.2 Å². The van der Waals surface area contributed by atoms with E-state index in [0.29, 0.717) is 22.7 Å². The molecule has 0 aliphatic heterocycles. The van der Waals surface area contributed by atoms with Crippen molar-refractivity contribution >= 4 is 11.6 Å². The van der Waals surface area contributed by atoms with E-state index in [4.69, 9.17) is 14.2 Å². The number of aliphatic hydroxyl groups is 1. The predicted octanol–water partition coefficient (Wildman–Crippen LogP) is 4.75. The van der Waals surface area contributed by atoms with E-state index in [0.717, 1.165) is 12.1 Å². The zero-order valence-electron chi connectivity index (χ0n) is 19.9. The summed E-state index contributed by atoms with van der Waals surface area (Å²) in [5, 5.41) is 20.9. The van der Waals surface area contributed by atoms with Crippen LogP contribution in [0.15, 0.2) is 60.7 Å². The molecular formula is C26H26F3NO6. The Hall–Kier alpha value is -3.92. The second-order valence-corrected chi connectivity index (χ2v) is 7.81. The third kappa shape index (κ3) is 6.01. The number of benzene rings is 3. The standard InChI is InChI=1S/C26H26F3NO6/c1-34-21-10-6-17(14-20(21)31)24(32)25(33)30(19-9-11-22(35-2)23(15-19)36-3)13-12-16-4-7-18(8-5-16)26(27,28)29/h4-11,14-15,24,31-32H,12-13H2,1-3H3. The van der Waals surface area contributed by atoms with Crippen LogP contribution in [0.1, 0.15) is 22.8 Å². The molecule has 0 fully saturated rings. The van der Waals surface area contributed by atoms with E-state index in [1.807, 2.05) is 0 Å². The quantitative estimate of drug-likeness (QED) is 0.437. The number of alkyl halides is 3. The zero-order chi connectivity index (χ0) is 26.5. The Morgan fingerprint density at radius 1 is 0.889 bits per heavy atom. The van der Waals surface area contributed by atoms with Crippen molar-refractivity contribution in [2.24, 2.45) is 0 Å². The smallest absolute Gasteiger partial charge is 0.416 e. The Labute approximate surface area is 206 Å². The van der Waals surface area contributed by atoms with Crippen molar-refractivity contribution in [1.29, 1.82) is 0 Å². The minimum absolute atomic E-state index is 0.0406. The Balaban J connectivity index is 1.92. The van der Waals surface area contributed by atoms with Crippen LogP contribution in [0.5, 0.6) is 23.0 Å². The number of carbonyl (C=O) groups excluding carboxylic acids is 1. The van der Waals surface area contributed by atoms with Crippen LogP contribution < -0.4 is 19.1 Å². The van der Waals surface area contributed by atoms with E-state index in [1.165, 1.54) is 56.6 Å². The number of amides is 1. The first kappa shape index (κ1) is 26.7. The molecule has 1 amide bonds. The van der Waals surface area contributed by atoms with Crippen LogP contribution in [-0.4, -0.2) is 44.0 Å². The molecule has 0 aromatic heterocycles. The highest BCUT2D eigenvalue weighted by Crippen LogP contribution is 2.34. The first-order chi connectivity index (χ1) is 17.1. The van der Waals surface area contributed by atoms with Gasteiger partial charge in [-0.2, -0.15) is 13.2 Å². The summed E-state index contributed by atoms with van der Waals surface area (Å²) >= 11 is 0. The third-order valence-corrected chi connectivity index (χ3v) is 5.60. The summed E-state index contributed by atoms with van der Waals surface area (Å²) in [7, 11) is 4.27. The van der Waals surface area contributed by atoms with Gasteiger partial charge in [-0.05, 0) is 53.9 Å².